The summed E-state index contributed by atoms with van der Waals surface area (Å²) < 4.78 is 18.4. The second kappa shape index (κ2) is 11.7. The minimum absolute atomic E-state index is 0.233. The first-order chi connectivity index (χ1) is 7.84. The van der Waals surface area contributed by atoms with Crippen LogP contribution in [0.15, 0.2) is 18.2 Å². The topological polar surface area (TPSA) is 9.23 Å². The fraction of sp³-hybridized carbons (Fsp3) is 0.500. The molecule has 1 rings (SSSR count). The molecule has 1 nitrogen and oxygen atoms in total. The number of ether oxygens (including phenoxy) is 1. The Balaban J connectivity index is 0.00000106. The van der Waals surface area contributed by atoms with Gasteiger partial charge >= 0.3 is 30.0 Å². The first kappa shape index (κ1) is 16.2. The first-order valence-electron chi connectivity index (χ1n) is 5.33. The number of halogens is 2. The molecule has 0 atom stereocenters. The van der Waals surface area contributed by atoms with Gasteiger partial charge in [0.15, 0.2) is 0 Å². The molecule has 0 amide bonds. The molecule has 0 bridgehead atoms. The van der Waals surface area contributed by atoms with Crippen molar-refractivity contribution in [2.24, 2.45) is 0 Å². The molecule has 1 aromatic rings. The van der Waals surface area contributed by atoms with Gasteiger partial charge in [0.05, 0.1) is 6.61 Å². The molecule has 1 aromatic carbocycles. The van der Waals surface area contributed by atoms with E-state index in [4.69, 9.17) is 4.74 Å². The molecule has 0 fully saturated rings. The summed E-state index contributed by atoms with van der Waals surface area (Å²) in [5.41, 5.74) is 0.611. The van der Waals surface area contributed by atoms with Crippen LogP contribution in [-0.2, 0) is 27.7 Å². The monoisotopic (exact) mass is 338 g/mol. The van der Waals surface area contributed by atoms with Gasteiger partial charge in [-0.15, -0.1) is 6.07 Å². The zero-order valence-electron chi connectivity index (χ0n) is 9.64. The zero-order chi connectivity index (χ0) is 12.2. The maximum absolute atomic E-state index is 13.1. The summed E-state index contributed by atoms with van der Waals surface area (Å²) in [6.45, 7) is 3.23. The van der Waals surface area contributed by atoms with Crippen molar-refractivity contribution >= 4 is 13.6 Å². The van der Waals surface area contributed by atoms with Crippen molar-refractivity contribution < 1.29 is 25.5 Å². The maximum atomic E-state index is 13.1. The van der Waals surface area contributed by atoms with Crippen LogP contribution in [-0.4, -0.2) is 6.61 Å². The van der Waals surface area contributed by atoms with E-state index in [0.29, 0.717) is 18.8 Å². The molecule has 0 aliphatic carbocycles. The Morgan fingerprint density at radius 3 is 2.81 bits per heavy atom. The van der Waals surface area contributed by atoms with Crippen LogP contribution in [0.2, 0.25) is 0 Å². The van der Waals surface area contributed by atoms with E-state index in [0.717, 1.165) is 6.42 Å². The molecule has 0 N–H and O–H groups in total. The van der Waals surface area contributed by atoms with Gasteiger partial charge in [0.1, 0.15) is 0 Å². The number of unbranched alkanes of at least 4 members (excludes halogenated alkanes) is 2. The number of hydrogen-bond donors (Lipinski definition) is 0. The van der Waals surface area contributed by atoms with Crippen molar-refractivity contribution in [1.82, 2.24) is 0 Å². The van der Waals surface area contributed by atoms with E-state index in [2.05, 4.69) is 26.6 Å². The van der Waals surface area contributed by atoms with E-state index in [9.17, 15) is 4.39 Å². The summed E-state index contributed by atoms with van der Waals surface area (Å²) >= 11 is 4.25. The molecular weight excluding hydrogens is 324 g/mol. The summed E-state index contributed by atoms with van der Waals surface area (Å²) in [7, 11) is 0. The summed E-state index contributed by atoms with van der Waals surface area (Å²) in [5, 5.41) is 0. The van der Waals surface area contributed by atoms with Crippen LogP contribution in [0, 0.1) is 11.9 Å². The zero-order valence-corrected chi connectivity index (χ0v) is 14.2. The molecule has 0 aliphatic rings. The first-order valence-corrected chi connectivity index (χ1v) is 12.3. The summed E-state index contributed by atoms with van der Waals surface area (Å²) in [5.74, 6) is -0.233. The van der Waals surface area contributed by atoms with Gasteiger partial charge in [-0.2, -0.15) is 18.2 Å². The van der Waals surface area contributed by atoms with Crippen molar-refractivity contribution in [1.29, 1.82) is 0 Å². The van der Waals surface area contributed by atoms with Crippen LogP contribution in [0.25, 0.3) is 0 Å². The average Bonchev–Trinajstić information content (AvgIpc) is 2.34. The Morgan fingerprint density at radius 1 is 1.44 bits per heavy atom. The Labute approximate surface area is 114 Å². The fourth-order valence-corrected chi connectivity index (χ4v) is 1.20. The summed E-state index contributed by atoms with van der Waals surface area (Å²) in [6, 6.07) is 7.42. The Bertz CT molecular complexity index is 271. The van der Waals surface area contributed by atoms with Crippen molar-refractivity contribution in [2.75, 3.05) is 6.61 Å². The van der Waals surface area contributed by atoms with E-state index in [1.165, 1.54) is 35.3 Å². The van der Waals surface area contributed by atoms with Gasteiger partial charge in [-0.3, -0.25) is 4.39 Å². The van der Waals surface area contributed by atoms with Gasteiger partial charge in [0.2, 0.25) is 0 Å². The molecule has 0 aliphatic heterocycles. The second-order valence-corrected chi connectivity index (χ2v) is 3.28. The Hall–Kier alpha value is 0.213. The third kappa shape index (κ3) is 7.48. The van der Waals surface area contributed by atoms with Crippen molar-refractivity contribution in [2.45, 2.75) is 32.8 Å². The van der Waals surface area contributed by atoms with Crippen LogP contribution in [0.4, 0.5) is 4.39 Å². The second-order valence-electron chi connectivity index (χ2n) is 3.28. The average molecular weight is 341 g/mol. The predicted molar refractivity (Wildman–Crippen MR) is 63.3 cm³/mol. The fourth-order valence-electron chi connectivity index (χ4n) is 1.20. The molecule has 0 unspecified atom stereocenters. The Morgan fingerprint density at radius 2 is 2.19 bits per heavy atom. The van der Waals surface area contributed by atoms with E-state index in [-0.39, 0.29) is 5.82 Å². The van der Waals surface area contributed by atoms with Crippen LogP contribution >= 0.6 is 13.6 Å². The van der Waals surface area contributed by atoms with Crippen LogP contribution in [0.1, 0.15) is 31.7 Å². The van der Waals surface area contributed by atoms with E-state index in [1.54, 1.807) is 12.1 Å². The molecule has 0 aromatic heterocycles. The van der Waals surface area contributed by atoms with Crippen molar-refractivity contribution in [3.8, 4) is 0 Å². The molecule has 0 saturated carbocycles. The molecule has 16 heavy (non-hydrogen) atoms. The molecule has 0 radical (unpaired) electrons. The van der Waals surface area contributed by atoms with Gasteiger partial charge in [0.25, 0.3) is 0 Å². The number of hydrogen-bond acceptors (Lipinski definition) is 1. The molecule has 0 saturated heterocycles. The van der Waals surface area contributed by atoms with Gasteiger partial charge in [-0.1, -0.05) is 25.3 Å². The van der Waals surface area contributed by atoms with Crippen LogP contribution in [0.5, 0.6) is 0 Å². The molecule has 0 heterocycles. The number of benzene rings is 1. The standard InChI is InChI=1S/C12H16FO.BrH.Zn/c1-2-3-6-9-14-10-11-7-4-5-8-12(11)13;;/h4,7-8H,2-3,6,9-10H2,1H3;1H;/q-1;;+2/p-1. The number of rotatable bonds is 6. The normalized spacial score (nSPS) is 9.56. The molecule has 0 spiro atoms. The molecule has 4 heteroatoms. The third-order valence-electron chi connectivity index (χ3n) is 2.05. The SMILES string of the molecule is CCCCCOCc1cc[c-]cc1F.[Zn+][Br]. The third-order valence-corrected chi connectivity index (χ3v) is 2.05. The minimum atomic E-state index is -0.233. The van der Waals surface area contributed by atoms with Gasteiger partial charge in [-0.25, -0.2) is 0 Å². The van der Waals surface area contributed by atoms with Gasteiger partial charge < -0.3 is 4.74 Å². The van der Waals surface area contributed by atoms with E-state index in [1.807, 2.05) is 0 Å². The molecular formula is C12H16BrFOZn. The van der Waals surface area contributed by atoms with Crippen molar-refractivity contribution in [3.05, 3.63) is 35.6 Å². The van der Waals surface area contributed by atoms with E-state index >= 15 is 0 Å². The van der Waals surface area contributed by atoms with Crippen LogP contribution in [0.3, 0.4) is 0 Å². The van der Waals surface area contributed by atoms with E-state index < -0.39 is 0 Å². The van der Waals surface area contributed by atoms with Gasteiger partial charge in [0, 0.05) is 12.4 Å². The summed E-state index contributed by atoms with van der Waals surface area (Å²) in [6.07, 6.45) is 3.40. The van der Waals surface area contributed by atoms with Crippen LogP contribution < -0.4 is 0 Å². The quantitative estimate of drug-likeness (QED) is 0.429. The summed E-state index contributed by atoms with van der Waals surface area (Å²) in [4.78, 5) is 0. The van der Waals surface area contributed by atoms with Gasteiger partial charge in [-0.05, 0) is 6.42 Å². The van der Waals surface area contributed by atoms with Crippen molar-refractivity contribution in [3.63, 3.8) is 0 Å². The Kier molecular flexibility index (Phi) is 11.8. The molecule has 86 valence electrons. The predicted octanol–water partition coefficient (Wildman–Crippen LogP) is 4.18.